The summed E-state index contributed by atoms with van der Waals surface area (Å²) in [7, 11) is 0. The van der Waals surface area contributed by atoms with Gasteiger partial charge in [-0.05, 0) is 38.4 Å². The number of nitrogens with one attached hydrogen (secondary N) is 2. The number of hydrogen-bond acceptors (Lipinski definition) is 3. The highest BCUT2D eigenvalue weighted by Gasteiger charge is 2.24. The summed E-state index contributed by atoms with van der Waals surface area (Å²) in [5.41, 5.74) is 0. The van der Waals surface area contributed by atoms with Crippen LogP contribution in [-0.2, 0) is 11.3 Å². The molecule has 2 atom stereocenters. The molecule has 1 aliphatic rings. The molecule has 0 aliphatic carbocycles. The second-order valence-corrected chi connectivity index (χ2v) is 6.30. The third-order valence-corrected chi connectivity index (χ3v) is 4.29. The molecule has 2 rings (SSSR count). The molecule has 1 aromatic heterocycles. The van der Waals surface area contributed by atoms with Gasteiger partial charge in [0, 0.05) is 16.8 Å². The highest BCUT2D eigenvalue weighted by Crippen LogP contribution is 2.21. The Morgan fingerprint density at radius 2 is 2.39 bits per heavy atom. The molecule has 1 aromatic rings. The Morgan fingerprint density at radius 3 is 3.00 bits per heavy atom. The van der Waals surface area contributed by atoms with Gasteiger partial charge in [0.2, 0.25) is 5.91 Å². The van der Waals surface area contributed by atoms with Crippen molar-refractivity contribution in [3.8, 4) is 0 Å². The number of carbonyl (C=O) groups is 1. The zero-order valence-corrected chi connectivity index (χ0v) is 12.6. The maximum atomic E-state index is 12.0. The molecule has 0 spiro atoms. The fourth-order valence-corrected chi connectivity index (χ4v) is 3.16. The van der Waals surface area contributed by atoms with Crippen LogP contribution in [0.2, 0.25) is 4.34 Å². The van der Waals surface area contributed by atoms with Gasteiger partial charge in [0.1, 0.15) is 0 Å². The largest absolute Gasteiger partial charge is 0.351 e. The van der Waals surface area contributed by atoms with E-state index >= 15 is 0 Å². The normalized spacial score (nSPS) is 23.2. The highest BCUT2D eigenvalue weighted by molar-refractivity contribution is 7.16. The summed E-state index contributed by atoms with van der Waals surface area (Å²) in [6.07, 6.45) is 1.86. The standard InChI is InChI=1S/C12H17ClN2OS.ClH/c1-8-6-9(4-5-14-8)12(16)15-7-10-2-3-11(13)17-10;/h2-3,8-9,14H,4-7H2,1H3,(H,15,16);1H/t8-,9-;/m0./s1. The van der Waals surface area contributed by atoms with Crippen LogP contribution in [0.5, 0.6) is 0 Å². The quantitative estimate of drug-likeness (QED) is 0.901. The maximum absolute atomic E-state index is 12.0. The molecule has 0 saturated carbocycles. The first-order valence-electron chi connectivity index (χ1n) is 5.90. The number of carbonyl (C=O) groups excluding carboxylic acids is 1. The van der Waals surface area contributed by atoms with Crippen molar-refractivity contribution in [1.29, 1.82) is 0 Å². The number of amides is 1. The van der Waals surface area contributed by atoms with Crippen LogP contribution in [0, 0.1) is 5.92 Å². The lowest BCUT2D eigenvalue weighted by molar-refractivity contribution is -0.126. The lowest BCUT2D eigenvalue weighted by Crippen LogP contribution is -2.42. The second-order valence-electron chi connectivity index (χ2n) is 4.50. The minimum atomic E-state index is 0. The Balaban J connectivity index is 0.00000162. The van der Waals surface area contributed by atoms with Crippen molar-refractivity contribution in [2.24, 2.45) is 5.92 Å². The van der Waals surface area contributed by atoms with Gasteiger partial charge in [-0.3, -0.25) is 4.79 Å². The van der Waals surface area contributed by atoms with Crippen molar-refractivity contribution in [2.75, 3.05) is 6.54 Å². The van der Waals surface area contributed by atoms with Gasteiger partial charge in [-0.1, -0.05) is 11.6 Å². The van der Waals surface area contributed by atoms with Gasteiger partial charge in [-0.2, -0.15) is 0 Å². The van der Waals surface area contributed by atoms with E-state index in [0.29, 0.717) is 12.6 Å². The predicted molar refractivity (Wildman–Crippen MR) is 78.6 cm³/mol. The Hall–Kier alpha value is -0.290. The minimum absolute atomic E-state index is 0. The Morgan fingerprint density at radius 1 is 1.61 bits per heavy atom. The van der Waals surface area contributed by atoms with Gasteiger partial charge in [0.05, 0.1) is 10.9 Å². The van der Waals surface area contributed by atoms with Crippen LogP contribution in [-0.4, -0.2) is 18.5 Å². The van der Waals surface area contributed by atoms with E-state index in [9.17, 15) is 4.79 Å². The van der Waals surface area contributed by atoms with Crippen LogP contribution in [0.15, 0.2) is 12.1 Å². The van der Waals surface area contributed by atoms with Crippen LogP contribution >= 0.6 is 35.3 Å². The molecular weight excluding hydrogens is 291 g/mol. The number of piperidine rings is 1. The Bertz CT molecular complexity index is 397. The van der Waals surface area contributed by atoms with E-state index in [1.807, 2.05) is 12.1 Å². The first-order chi connectivity index (χ1) is 8.15. The van der Waals surface area contributed by atoms with E-state index in [0.717, 1.165) is 28.6 Å². The van der Waals surface area contributed by atoms with Crippen molar-refractivity contribution in [1.82, 2.24) is 10.6 Å². The summed E-state index contributed by atoms with van der Waals surface area (Å²) in [4.78, 5) is 13.1. The highest BCUT2D eigenvalue weighted by atomic mass is 35.5. The number of hydrogen-bond donors (Lipinski definition) is 2. The molecule has 0 bridgehead atoms. The fraction of sp³-hybridized carbons (Fsp3) is 0.583. The monoisotopic (exact) mass is 308 g/mol. The SMILES string of the molecule is C[C@H]1C[C@@H](C(=O)NCc2ccc(Cl)s2)CCN1.Cl. The topological polar surface area (TPSA) is 41.1 Å². The van der Waals surface area contributed by atoms with Gasteiger partial charge in [0.25, 0.3) is 0 Å². The molecule has 102 valence electrons. The first kappa shape index (κ1) is 15.8. The predicted octanol–water partition coefficient (Wildman–Crippen LogP) is 2.83. The fourth-order valence-electron chi connectivity index (χ4n) is 2.14. The van der Waals surface area contributed by atoms with E-state index < -0.39 is 0 Å². The van der Waals surface area contributed by atoms with Crippen molar-refractivity contribution in [3.63, 3.8) is 0 Å². The molecule has 18 heavy (non-hydrogen) atoms. The van der Waals surface area contributed by atoms with Gasteiger partial charge in [0.15, 0.2) is 0 Å². The molecule has 1 amide bonds. The van der Waals surface area contributed by atoms with Gasteiger partial charge in [-0.25, -0.2) is 0 Å². The third kappa shape index (κ3) is 4.43. The van der Waals surface area contributed by atoms with E-state index in [2.05, 4.69) is 17.6 Å². The molecule has 0 unspecified atom stereocenters. The number of thiophene rings is 1. The number of rotatable bonds is 3. The average Bonchev–Trinajstić information content (AvgIpc) is 2.72. The Kier molecular flexibility index (Phi) is 6.43. The zero-order chi connectivity index (χ0) is 12.3. The smallest absolute Gasteiger partial charge is 0.223 e. The van der Waals surface area contributed by atoms with Gasteiger partial charge < -0.3 is 10.6 Å². The van der Waals surface area contributed by atoms with Crippen LogP contribution in [0.4, 0.5) is 0 Å². The summed E-state index contributed by atoms with van der Waals surface area (Å²) < 4.78 is 0.768. The van der Waals surface area contributed by atoms with Crippen molar-refractivity contribution in [2.45, 2.75) is 32.4 Å². The van der Waals surface area contributed by atoms with E-state index in [4.69, 9.17) is 11.6 Å². The van der Waals surface area contributed by atoms with E-state index in [1.54, 1.807) is 0 Å². The van der Waals surface area contributed by atoms with Crippen LogP contribution in [0.3, 0.4) is 0 Å². The van der Waals surface area contributed by atoms with Crippen molar-refractivity contribution in [3.05, 3.63) is 21.3 Å². The molecule has 3 nitrogen and oxygen atoms in total. The summed E-state index contributed by atoms with van der Waals surface area (Å²) in [5, 5.41) is 6.34. The lowest BCUT2D eigenvalue weighted by Gasteiger charge is -2.27. The van der Waals surface area contributed by atoms with Crippen LogP contribution in [0.25, 0.3) is 0 Å². The molecule has 1 aliphatic heterocycles. The molecule has 2 heterocycles. The van der Waals surface area contributed by atoms with Crippen molar-refractivity contribution >= 4 is 41.3 Å². The molecule has 2 N–H and O–H groups in total. The molecule has 0 aromatic carbocycles. The third-order valence-electron chi connectivity index (χ3n) is 3.06. The average molecular weight is 309 g/mol. The molecule has 1 fully saturated rings. The maximum Gasteiger partial charge on any atom is 0.223 e. The summed E-state index contributed by atoms with van der Waals surface area (Å²) in [6, 6.07) is 4.26. The number of halogens is 2. The van der Waals surface area contributed by atoms with E-state index in [1.165, 1.54) is 11.3 Å². The van der Waals surface area contributed by atoms with Crippen molar-refractivity contribution < 1.29 is 4.79 Å². The second kappa shape index (κ2) is 7.34. The summed E-state index contributed by atoms with van der Waals surface area (Å²) >= 11 is 7.36. The minimum Gasteiger partial charge on any atom is -0.351 e. The Labute approximate surface area is 123 Å². The first-order valence-corrected chi connectivity index (χ1v) is 7.10. The van der Waals surface area contributed by atoms with Crippen LogP contribution < -0.4 is 10.6 Å². The van der Waals surface area contributed by atoms with Crippen LogP contribution in [0.1, 0.15) is 24.6 Å². The molecule has 1 saturated heterocycles. The summed E-state index contributed by atoms with van der Waals surface area (Å²) in [6.45, 7) is 3.65. The van der Waals surface area contributed by atoms with Gasteiger partial charge >= 0.3 is 0 Å². The zero-order valence-electron chi connectivity index (χ0n) is 10.2. The summed E-state index contributed by atoms with van der Waals surface area (Å²) in [5.74, 6) is 0.324. The molecule has 0 radical (unpaired) electrons. The molecule has 6 heteroatoms. The molecular formula is C12H18Cl2N2OS. The van der Waals surface area contributed by atoms with Gasteiger partial charge in [-0.15, -0.1) is 23.7 Å². The van der Waals surface area contributed by atoms with E-state index in [-0.39, 0.29) is 24.2 Å². The lowest BCUT2D eigenvalue weighted by atomic mass is 9.92.